The van der Waals surface area contributed by atoms with Gasteiger partial charge in [-0.3, -0.25) is 4.79 Å². The van der Waals surface area contributed by atoms with Gasteiger partial charge in [0.2, 0.25) is 5.91 Å². The molecule has 3 rings (SSSR count). The van der Waals surface area contributed by atoms with Crippen LogP contribution in [-0.4, -0.2) is 22.8 Å². The van der Waals surface area contributed by atoms with Gasteiger partial charge in [0.25, 0.3) is 0 Å². The van der Waals surface area contributed by atoms with Gasteiger partial charge in [-0.05, 0) is 5.56 Å². The van der Waals surface area contributed by atoms with E-state index in [9.17, 15) is 9.59 Å². The van der Waals surface area contributed by atoms with Gasteiger partial charge in [0, 0.05) is 12.8 Å². The number of nitrogens with zero attached hydrogens (tertiary/aromatic N) is 1. The molecule has 0 saturated carbocycles. The third kappa shape index (κ3) is 2.12. The molecule has 98 valence electrons. The first-order chi connectivity index (χ1) is 9.16. The summed E-state index contributed by atoms with van der Waals surface area (Å²) in [5, 5.41) is 0.425. The van der Waals surface area contributed by atoms with Crippen LogP contribution in [0, 0.1) is 0 Å². The van der Waals surface area contributed by atoms with Crippen LogP contribution in [0.15, 0.2) is 41.1 Å². The molecule has 5 heteroatoms. The minimum atomic E-state index is -0.524. The number of hydrogen-bond acceptors (Lipinski definition) is 3. The molecule has 1 aromatic rings. The van der Waals surface area contributed by atoms with Gasteiger partial charge in [0.1, 0.15) is 12.3 Å². The van der Waals surface area contributed by atoms with Crippen molar-refractivity contribution in [3.63, 3.8) is 0 Å². The summed E-state index contributed by atoms with van der Waals surface area (Å²) < 4.78 is 5.21. The van der Waals surface area contributed by atoms with Crippen molar-refractivity contribution in [3.8, 4) is 0 Å². The molecule has 0 spiro atoms. The summed E-state index contributed by atoms with van der Waals surface area (Å²) in [6, 6.07) is 9.44. The van der Waals surface area contributed by atoms with E-state index >= 15 is 0 Å². The van der Waals surface area contributed by atoms with Crippen molar-refractivity contribution in [1.82, 2.24) is 4.90 Å². The number of hydrogen-bond donors (Lipinski definition) is 0. The maximum Gasteiger partial charge on any atom is 0.356 e. The maximum atomic E-state index is 12.0. The molecule has 1 fully saturated rings. The van der Waals surface area contributed by atoms with E-state index in [0.717, 1.165) is 5.56 Å². The highest BCUT2D eigenvalue weighted by Crippen LogP contribution is 2.40. The van der Waals surface area contributed by atoms with E-state index in [1.807, 2.05) is 30.3 Å². The van der Waals surface area contributed by atoms with E-state index in [2.05, 4.69) is 0 Å². The minimum Gasteiger partial charge on any atom is -0.456 e. The lowest BCUT2D eigenvalue weighted by atomic mass is 10.0. The monoisotopic (exact) mass is 277 g/mol. The summed E-state index contributed by atoms with van der Waals surface area (Å²) in [6.45, 7) is 0.181. The summed E-state index contributed by atoms with van der Waals surface area (Å²) in [6.07, 6.45) is 1.02. The largest absolute Gasteiger partial charge is 0.456 e. The van der Waals surface area contributed by atoms with E-state index in [0.29, 0.717) is 17.9 Å². The Morgan fingerprint density at radius 3 is 2.74 bits per heavy atom. The van der Waals surface area contributed by atoms with Crippen LogP contribution in [-0.2, 0) is 20.9 Å². The number of ether oxygens (including phenoxy) is 1. The van der Waals surface area contributed by atoms with Crippen molar-refractivity contribution in [1.29, 1.82) is 0 Å². The molecule has 2 aliphatic rings. The Bertz CT molecular complexity index is 567. The highest BCUT2D eigenvalue weighted by Gasteiger charge is 2.47. The van der Waals surface area contributed by atoms with Crippen molar-refractivity contribution in [3.05, 3.63) is 46.6 Å². The second-order valence-corrected chi connectivity index (χ2v) is 5.10. The van der Waals surface area contributed by atoms with Crippen molar-refractivity contribution in [2.45, 2.75) is 25.5 Å². The van der Waals surface area contributed by atoms with Gasteiger partial charge in [-0.25, -0.2) is 4.79 Å². The smallest absolute Gasteiger partial charge is 0.356 e. The molecule has 1 amide bonds. The fourth-order valence-electron chi connectivity index (χ4n) is 2.39. The molecule has 4 nitrogen and oxygen atoms in total. The average molecular weight is 278 g/mol. The number of fused-ring (bicyclic) bond motifs is 1. The van der Waals surface area contributed by atoms with Crippen LogP contribution in [0.2, 0.25) is 0 Å². The van der Waals surface area contributed by atoms with E-state index < -0.39 is 5.97 Å². The molecule has 0 radical (unpaired) electrons. The Morgan fingerprint density at radius 2 is 2.05 bits per heavy atom. The maximum absolute atomic E-state index is 12.0. The first-order valence-corrected chi connectivity index (χ1v) is 6.46. The summed E-state index contributed by atoms with van der Waals surface area (Å²) in [4.78, 5) is 24.9. The molecule has 0 bridgehead atoms. The van der Waals surface area contributed by atoms with Gasteiger partial charge in [-0.1, -0.05) is 41.9 Å². The van der Waals surface area contributed by atoms with Crippen molar-refractivity contribution >= 4 is 23.5 Å². The molecule has 0 aromatic heterocycles. The first-order valence-electron chi connectivity index (χ1n) is 6.08. The second kappa shape index (κ2) is 4.70. The number of amides is 1. The minimum absolute atomic E-state index is 0.0549. The first kappa shape index (κ1) is 12.2. The standard InChI is InChI=1S/C14H12ClNO3/c15-11-6-10-7-12(17)16(10)13(11)14(18)19-8-9-4-2-1-3-5-9/h1-5,10H,6-8H2. The zero-order valence-corrected chi connectivity index (χ0v) is 10.9. The van der Waals surface area contributed by atoms with E-state index in [4.69, 9.17) is 16.3 Å². The Labute approximate surface area is 115 Å². The van der Waals surface area contributed by atoms with Crippen molar-refractivity contribution in [2.24, 2.45) is 0 Å². The topological polar surface area (TPSA) is 46.6 Å². The lowest BCUT2D eigenvalue weighted by molar-refractivity contribution is -0.150. The molecule has 1 unspecified atom stereocenters. The molecular weight excluding hydrogens is 266 g/mol. The van der Waals surface area contributed by atoms with Crippen LogP contribution in [0.5, 0.6) is 0 Å². The number of halogens is 1. The normalized spacial score (nSPS) is 21.2. The molecule has 1 saturated heterocycles. The van der Waals surface area contributed by atoms with E-state index in [1.54, 1.807) is 0 Å². The summed E-state index contributed by atoms with van der Waals surface area (Å²) in [7, 11) is 0. The predicted octanol–water partition coefficient (Wildman–Crippen LogP) is 2.18. The lowest BCUT2D eigenvalue weighted by Crippen LogP contribution is -2.49. The van der Waals surface area contributed by atoms with Crippen molar-refractivity contribution in [2.75, 3.05) is 0 Å². The summed E-state index contributed by atoms with van der Waals surface area (Å²) in [5.41, 5.74) is 1.12. The van der Waals surface area contributed by atoms with Gasteiger partial charge in [-0.15, -0.1) is 0 Å². The van der Waals surface area contributed by atoms with Crippen LogP contribution in [0.25, 0.3) is 0 Å². The van der Waals surface area contributed by atoms with E-state index in [1.165, 1.54) is 4.90 Å². The predicted molar refractivity (Wildman–Crippen MR) is 69.0 cm³/mol. The van der Waals surface area contributed by atoms with Crippen molar-refractivity contribution < 1.29 is 14.3 Å². The third-order valence-corrected chi connectivity index (χ3v) is 3.70. The number of esters is 1. The molecular formula is C14H12ClNO3. The highest BCUT2D eigenvalue weighted by molar-refractivity contribution is 6.32. The molecule has 1 atom stereocenters. The highest BCUT2D eigenvalue weighted by atomic mass is 35.5. The number of carbonyl (C=O) groups excluding carboxylic acids is 2. The number of carbonyl (C=O) groups is 2. The summed E-state index contributed by atoms with van der Waals surface area (Å²) in [5.74, 6) is -0.586. The third-order valence-electron chi connectivity index (χ3n) is 3.36. The number of benzene rings is 1. The van der Waals surface area contributed by atoms with Gasteiger partial charge in [0.05, 0.1) is 11.1 Å². The molecule has 2 heterocycles. The number of rotatable bonds is 3. The molecule has 2 aliphatic heterocycles. The Kier molecular flexibility index (Phi) is 3.03. The Morgan fingerprint density at radius 1 is 1.32 bits per heavy atom. The van der Waals surface area contributed by atoms with Crippen LogP contribution in [0.3, 0.4) is 0 Å². The fourth-order valence-corrected chi connectivity index (χ4v) is 2.73. The zero-order valence-electron chi connectivity index (χ0n) is 10.1. The van der Waals surface area contributed by atoms with Crippen LogP contribution >= 0.6 is 11.6 Å². The van der Waals surface area contributed by atoms with Gasteiger partial charge in [0.15, 0.2) is 0 Å². The molecule has 0 aliphatic carbocycles. The van der Waals surface area contributed by atoms with Gasteiger partial charge in [-0.2, -0.15) is 0 Å². The Balaban J connectivity index is 1.68. The number of β-lactam (4-membered cyclic amide) rings is 1. The molecule has 0 N–H and O–H groups in total. The lowest BCUT2D eigenvalue weighted by Gasteiger charge is -2.35. The van der Waals surface area contributed by atoms with Crippen LogP contribution in [0.1, 0.15) is 18.4 Å². The Hall–Kier alpha value is -1.81. The van der Waals surface area contributed by atoms with Crippen LogP contribution in [0.4, 0.5) is 0 Å². The average Bonchev–Trinajstić information content (AvgIpc) is 2.68. The van der Waals surface area contributed by atoms with Gasteiger partial charge < -0.3 is 9.64 Å². The van der Waals surface area contributed by atoms with E-state index in [-0.39, 0.29) is 24.3 Å². The molecule has 19 heavy (non-hydrogen) atoms. The van der Waals surface area contributed by atoms with Gasteiger partial charge >= 0.3 is 5.97 Å². The zero-order chi connectivity index (χ0) is 13.4. The summed E-state index contributed by atoms with van der Waals surface area (Å²) >= 11 is 6.03. The molecule has 1 aromatic carbocycles. The quantitative estimate of drug-likeness (QED) is 0.628. The SMILES string of the molecule is O=C(OCc1ccccc1)C1=C(Cl)CC2CC(=O)N12. The van der Waals surface area contributed by atoms with Crippen LogP contribution < -0.4 is 0 Å². The second-order valence-electron chi connectivity index (χ2n) is 4.64. The fraction of sp³-hybridized carbons (Fsp3) is 0.286.